The lowest BCUT2D eigenvalue weighted by Crippen LogP contribution is -2.09. The lowest BCUT2D eigenvalue weighted by molar-refractivity contribution is 0.479. The van der Waals surface area contributed by atoms with Gasteiger partial charge in [-0.15, -0.1) is 0 Å². The highest BCUT2D eigenvalue weighted by Crippen LogP contribution is 1.93. The van der Waals surface area contributed by atoms with Crippen LogP contribution in [0.4, 0.5) is 0 Å². The minimum atomic E-state index is 0.958. The van der Waals surface area contributed by atoms with Gasteiger partial charge >= 0.3 is 0 Å². The molecule has 0 heterocycles. The summed E-state index contributed by atoms with van der Waals surface area (Å²) in [7, 11) is 2.01. The van der Waals surface area contributed by atoms with Gasteiger partial charge in [-0.05, 0) is 20.6 Å². The van der Waals surface area contributed by atoms with E-state index in [-0.39, 0.29) is 0 Å². The molecule has 0 rings (SSSR count). The van der Waals surface area contributed by atoms with E-state index < -0.39 is 0 Å². The zero-order valence-corrected chi connectivity index (χ0v) is 6.39. The highest BCUT2D eigenvalue weighted by Gasteiger charge is 1.84. The molecular formula is C7H14N2. The van der Waals surface area contributed by atoms with Crippen molar-refractivity contribution in [3.05, 3.63) is 11.9 Å². The Bertz CT molecular complexity index is 116. The summed E-state index contributed by atoms with van der Waals surface area (Å²) in [5.74, 6) is 0. The van der Waals surface area contributed by atoms with E-state index in [4.69, 9.17) is 0 Å². The van der Waals surface area contributed by atoms with Crippen LogP contribution >= 0.6 is 0 Å². The molecule has 0 spiro atoms. The Hall–Kier alpha value is -0.790. The van der Waals surface area contributed by atoms with Crippen LogP contribution in [0.3, 0.4) is 0 Å². The van der Waals surface area contributed by atoms with E-state index in [2.05, 4.69) is 23.5 Å². The van der Waals surface area contributed by atoms with Crippen LogP contribution in [0.5, 0.6) is 0 Å². The molecule has 0 N–H and O–H groups in total. The molecule has 0 fully saturated rings. The van der Waals surface area contributed by atoms with Crippen LogP contribution in [-0.4, -0.2) is 25.2 Å². The quantitative estimate of drug-likeness (QED) is 0.523. The van der Waals surface area contributed by atoms with Crippen LogP contribution in [0.1, 0.15) is 13.8 Å². The van der Waals surface area contributed by atoms with Crippen LogP contribution in [-0.2, 0) is 0 Å². The Morgan fingerprint density at radius 1 is 1.78 bits per heavy atom. The van der Waals surface area contributed by atoms with Gasteiger partial charge in [-0.25, -0.2) is 0 Å². The van der Waals surface area contributed by atoms with Gasteiger partial charge in [0.15, 0.2) is 0 Å². The normalized spacial score (nSPS) is 11.2. The summed E-state index contributed by atoms with van der Waals surface area (Å²) in [5.41, 5.74) is 0.958. The fourth-order valence-electron chi connectivity index (χ4n) is 0.451. The summed E-state index contributed by atoms with van der Waals surface area (Å²) in [5, 5.41) is 0. The van der Waals surface area contributed by atoms with Crippen molar-refractivity contribution in [3.63, 3.8) is 0 Å². The van der Waals surface area contributed by atoms with E-state index in [0.717, 1.165) is 12.2 Å². The first-order valence-corrected chi connectivity index (χ1v) is 3.06. The summed E-state index contributed by atoms with van der Waals surface area (Å²) < 4.78 is 0. The lowest BCUT2D eigenvalue weighted by atomic mass is 10.5. The highest BCUT2D eigenvalue weighted by atomic mass is 15.1. The van der Waals surface area contributed by atoms with E-state index in [1.54, 1.807) is 0 Å². The van der Waals surface area contributed by atoms with Crippen molar-refractivity contribution in [2.75, 3.05) is 13.6 Å². The Labute approximate surface area is 56.9 Å². The van der Waals surface area contributed by atoms with E-state index >= 15 is 0 Å². The Kier molecular flexibility index (Phi) is 3.76. The first-order valence-electron chi connectivity index (χ1n) is 3.06. The average Bonchev–Trinajstić information content (AvgIpc) is 1.87. The first-order chi connectivity index (χ1) is 4.20. The molecule has 9 heavy (non-hydrogen) atoms. The second kappa shape index (κ2) is 4.13. The molecule has 0 aliphatic carbocycles. The number of hydrogen-bond donors (Lipinski definition) is 0. The Balaban J connectivity index is 3.78. The van der Waals surface area contributed by atoms with Gasteiger partial charge in [0.25, 0.3) is 0 Å². The summed E-state index contributed by atoms with van der Waals surface area (Å²) in [6, 6.07) is 0. The topological polar surface area (TPSA) is 15.6 Å². The molecule has 0 saturated heterocycles. The van der Waals surface area contributed by atoms with Crippen LogP contribution in [0.25, 0.3) is 0 Å². The maximum atomic E-state index is 3.75. The third kappa shape index (κ3) is 3.76. The Morgan fingerprint density at radius 2 is 2.33 bits per heavy atom. The fraction of sp³-hybridized carbons (Fsp3) is 0.571. The van der Waals surface area contributed by atoms with Crippen LogP contribution < -0.4 is 0 Å². The number of aliphatic imine (C=N–C) groups is 1. The van der Waals surface area contributed by atoms with Crippen LogP contribution in [0.2, 0.25) is 0 Å². The van der Waals surface area contributed by atoms with Crippen LogP contribution in [0, 0.1) is 0 Å². The van der Waals surface area contributed by atoms with Gasteiger partial charge in [-0.2, -0.15) is 0 Å². The number of allylic oxidation sites excluding steroid dienone is 1. The molecule has 0 aliphatic heterocycles. The SMILES string of the molecule is C=N/C(C)=C\N(C)CC. The molecule has 0 aromatic heterocycles. The molecule has 0 radical (unpaired) electrons. The minimum Gasteiger partial charge on any atom is -0.379 e. The van der Waals surface area contributed by atoms with Gasteiger partial charge in [0.05, 0.1) is 5.70 Å². The molecule has 0 unspecified atom stereocenters. The second-order valence-corrected chi connectivity index (χ2v) is 2.00. The molecule has 2 heteroatoms. The van der Waals surface area contributed by atoms with Gasteiger partial charge in [0.1, 0.15) is 0 Å². The summed E-state index contributed by atoms with van der Waals surface area (Å²) in [4.78, 5) is 5.81. The summed E-state index contributed by atoms with van der Waals surface area (Å²) >= 11 is 0. The maximum Gasteiger partial charge on any atom is 0.0523 e. The van der Waals surface area contributed by atoms with Crippen LogP contribution in [0.15, 0.2) is 16.9 Å². The van der Waals surface area contributed by atoms with E-state index in [1.165, 1.54) is 0 Å². The number of hydrogen-bond acceptors (Lipinski definition) is 2. The summed E-state index contributed by atoms with van der Waals surface area (Å²) in [6.45, 7) is 8.43. The van der Waals surface area contributed by atoms with Gasteiger partial charge in [-0.1, -0.05) is 0 Å². The van der Waals surface area contributed by atoms with E-state index in [9.17, 15) is 0 Å². The molecule has 0 bridgehead atoms. The van der Waals surface area contributed by atoms with Crippen molar-refractivity contribution in [1.82, 2.24) is 4.90 Å². The minimum absolute atomic E-state index is 0.958. The molecule has 0 amide bonds. The molecule has 0 aromatic carbocycles. The molecule has 0 atom stereocenters. The monoisotopic (exact) mass is 126 g/mol. The zero-order chi connectivity index (χ0) is 7.28. The molecule has 0 aliphatic rings. The molecule has 0 saturated carbocycles. The predicted octanol–water partition coefficient (Wildman–Crippen LogP) is 1.50. The largest absolute Gasteiger partial charge is 0.379 e. The third-order valence-corrected chi connectivity index (χ3v) is 1.16. The average molecular weight is 126 g/mol. The van der Waals surface area contributed by atoms with Gasteiger partial charge in [-0.3, -0.25) is 4.99 Å². The zero-order valence-electron chi connectivity index (χ0n) is 6.39. The smallest absolute Gasteiger partial charge is 0.0523 e. The number of rotatable bonds is 3. The predicted molar refractivity (Wildman–Crippen MR) is 41.6 cm³/mol. The maximum absolute atomic E-state index is 3.75. The van der Waals surface area contributed by atoms with Crippen molar-refractivity contribution in [1.29, 1.82) is 0 Å². The molecule has 52 valence electrons. The molecule has 0 aromatic rings. The standard InChI is InChI=1S/C7H14N2/c1-5-9(4)6-7(2)8-3/h6H,3,5H2,1-2,4H3/b7-6-. The number of nitrogens with zero attached hydrogens (tertiary/aromatic N) is 2. The Morgan fingerprint density at radius 3 is 2.67 bits per heavy atom. The van der Waals surface area contributed by atoms with Crippen molar-refractivity contribution in [3.8, 4) is 0 Å². The van der Waals surface area contributed by atoms with Gasteiger partial charge in [0.2, 0.25) is 0 Å². The van der Waals surface area contributed by atoms with Crippen molar-refractivity contribution in [2.24, 2.45) is 4.99 Å². The van der Waals surface area contributed by atoms with Gasteiger partial charge < -0.3 is 4.90 Å². The van der Waals surface area contributed by atoms with E-state index in [0.29, 0.717) is 0 Å². The third-order valence-electron chi connectivity index (χ3n) is 1.16. The van der Waals surface area contributed by atoms with Crippen molar-refractivity contribution >= 4 is 6.72 Å². The molecule has 2 nitrogen and oxygen atoms in total. The first kappa shape index (κ1) is 8.21. The summed E-state index contributed by atoms with van der Waals surface area (Å²) in [6.07, 6.45) is 1.97. The highest BCUT2D eigenvalue weighted by molar-refractivity contribution is 5.27. The van der Waals surface area contributed by atoms with Crippen molar-refractivity contribution < 1.29 is 0 Å². The molecular weight excluding hydrogens is 112 g/mol. The lowest BCUT2D eigenvalue weighted by Gasteiger charge is -2.09. The van der Waals surface area contributed by atoms with Gasteiger partial charge in [0, 0.05) is 19.8 Å². The van der Waals surface area contributed by atoms with E-state index in [1.807, 2.05) is 20.2 Å². The van der Waals surface area contributed by atoms with Crippen molar-refractivity contribution in [2.45, 2.75) is 13.8 Å². The fourth-order valence-corrected chi connectivity index (χ4v) is 0.451. The second-order valence-electron chi connectivity index (χ2n) is 2.00.